The lowest BCUT2D eigenvalue weighted by atomic mass is 9.91. The molecule has 2 heterocycles. The van der Waals surface area contributed by atoms with Crippen molar-refractivity contribution in [2.24, 2.45) is 11.5 Å². The third-order valence-corrected chi connectivity index (χ3v) is 6.17. The van der Waals surface area contributed by atoms with Crippen molar-refractivity contribution in [2.45, 2.75) is 51.6 Å². The molecule has 0 bridgehead atoms. The molecule has 2 aromatic heterocycles. The average Bonchev–Trinajstić information content (AvgIpc) is 2.78. The number of benzene rings is 1. The predicted octanol–water partition coefficient (Wildman–Crippen LogP) is 3.99. The van der Waals surface area contributed by atoms with Crippen LogP contribution in [0.5, 0.6) is 5.75 Å². The molecule has 7 N–H and O–H groups in total. The Bertz CT molecular complexity index is 1180. The highest BCUT2D eigenvalue weighted by Crippen LogP contribution is 2.34. The first-order valence-corrected chi connectivity index (χ1v) is 11.2. The van der Waals surface area contributed by atoms with Gasteiger partial charge in [-0.15, -0.1) is 0 Å². The monoisotopic (exact) mass is 446 g/mol. The van der Waals surface area contributed by atoms with Gasteiger partial charge in [0.15, 0.2) is 5.69 Å². The number of aryl methyl sites for hydroxylation is 2. The van der Waals surface area contributed by atoms with Crippen LogP contribution in [0.4, 0.5) is 17.2 Å². The lowest BCUT2D eigenvalue weighted by Crippen LogP contribution is -2.42. The highest BCUT2D eigenvalue weighted by molar-refractivity contribution is 5.97. The average molecular weight is 447 g/mol. The maximum absolute atomic E-state index is 12.0. The van der Waals surface area contributed by atoms with Gasteiger partial charge in [-0.3, -0.25) is 4.79 Å². The second-order valence-electron chi connectivity index (χ2n) is 8.61. The number of phenols is 1. The predicted molar refractivity (Wildman–Crippen MR) is 131 cm³/mol. The molecule has 1 aliphatic rings. The van der Waals surface area contributed by atoms with Gasteiger partial charge in [-0.1, -0.05) is 31.0 Å². The summed E-state index contributed by atoms with van der Waals surface area (Å²) in [6.45, 7) is 3.73. The van der Waals surface area contributed by atoms with Gasteiger partial charge in [-0.25, -0.2) is 9.97 Å². The number of carbonyl (C=O) groups is 1. The van der Waals surface area contributed by atoms with Gasteiger partial charge in [-0.05, 0) is 50.5 Å². The second-order valence-corrected chi connectivity index (χ2v) is 8.61. The molecular weight excluding hydrogens is 416 g/mol. The number of primary amides is 1. The Morgan fingerprint density at radius 1 is 1.12 bits per heavy atom. The van der Waals surface area contributed by atoms with E-state index in [0.717, 1.165) is 53.8 Å². The van der Waals surface area contributed by atoms with Crippen molar-refractivity contribution in [3.63, 3.8) is 0 Å². The topological polar surface area (TPSA) is 139 Å². The summed E-state index contributed by atoms with van der Waals surface area (Å²) < 4.78 is 0. The number of nitrogens with zero attached hydrogens (tertiary/aromatic N) is 2. The van der Waals surface area contributed by atoms with Gasteiger partial charge in [0, 0.05) is 28.9 Å². The molecular formula is C25H30N6O2. The Balaban J connectivity index is 1.61. The van der Waals surface area contributed by atoms with Crippen molar-refractivity contribution in [3.05, 3.63) is 59.5 Å². The molecule has 3 aromatic rings. The number of carbonyl (C=O) groups excluding carboxylic acids is 1. The van der Waals surface area contributed by atoms with Gasteiger partial charge in [0.1, 0.15) is 11.6 Å². The number of aromatic nitrogens is 2. The fourth-order valence-corrected chi connectivity index (χ4v) is 4.32. The number of nitrogens with two attached hydrogens (primary N) is 2. The highest BCUT2D eigenvalue weighted by atomic mass is 16.3. The lowest BCUT2D eigenvalue weighted by molar-refractivity contribution is 0.0996. The van der Waals surface area contributed by atoms with Gasteiger partial charge in [0.2, 0.25) is 0 Å². The molecule has 172 valence electrons. The molecule has 4 rings (SSSR count). The van der Waals surface area contributed by atoms with Crippen LogP contribution in [-0.2, 0) is 0 Å². The van der Waals surface area contributed by atoms with Crippen molar-refractivity contribution in [3.8, 4) is 16.9 Å². The summed E-state index contributed by atoms with van der Waals surface area (Å²) >= 11 is 0. The number of pyridine rings is 2. The van der Waals surface area contributed by atoms with E-state index in [1.165, 1.54) is 0 Å². The summed E-state index contributed by atoms with van der Waals surface area (Å²) in [4.78, 5) is 20.9. The van der Waals surface area contributed by atoms with Gasteiger partial charge in [-0.2, -0.15) is 0 Å². The van der Waals surface area contributed by atoms with Crippen molar-refractivity contribution in [1.29, 1.82) is 0 Å². The maximum Gasteiger partial charge on any atom is 0.269 e. The summed E-state index contributed by atoms with van der Waals surface area (Å²) in [6.07, 6.45) is 5.87. The first-order valence-electron chi connectivity index (χ1n) is 11.2. The molecule has 0 unspecified atom stereocenters. The van der Waals surface area contributed by atoms with Crippen LogP contribution in [0.2, 0.25) is 0 Å². The summed E-state index contributed by atoms with van der Waals surface area (Å²) in [5, 5.41) is 17.1. The molecule has 0 spiro atoms. The molecule has 0 radical (unpaired) electrons. The molecule has 0 saturated heterocycles. The Hall–Kier alpha value is -3.65. The van der Waals surface area contributed by atoms with E-state index in [9.17, 15) is 9.90 Å². The lowest BCUT2D eigenvalue weighted by Gasteiger charge is -2.30. The molecule has 1 amide bonds. The SMILES string of the molecule is Cc1cccc(-c2ccc(Nc3cc(N[C@@H]4CCCC[C@@H]4N)cnc3C(N)=O)nc2C)c1O. The van der Waals surface area contributed by atoms with Crippen LogP contribution >= 0.6 is 0 Å². The quantitative estimate of drug-likeness (QED) is 0.386. The maximum atomic E-state index is 12.0. The zero-order chi connectivity index (χ0) is 23.5. The number of nitrogens with one attached hydrogen (secondary N) is 2. The number of rotatable bonds is 6. The van der Waals surface area contributed by atoms with E-state index in [1.807, 2.05) is 44.2 Å². The third kappa shape index (κ3) is 4.90. The van der Waals surface area contributed by atoms with Crippen molar-refractivity contribution in [1.82, 2.24) is 9.97 Å². The van der Waals surface area contributed by atoms with E-state index in [-0.39, 0.29) is 23.5 Å². The molecule has 8 heteroatoms. The number of anilines is 3. The van der Waals surface area contributed by atoms with Crippen molar-refractivity contribution in [2.75, 3.05) is 10.6 Å². The van der Waals surface area contributed by atoms with E-state index in [0.29, 0.717) is 11.5 Å². The minimum Gasteiger partial charge on any atom is -0.507 e. The first kappa shape index (κ1) is 22.5. The highest BCUT2D eigenvalue weighted by Gasteiger charge is 2.22. The smallest absolute Gasteiger partial charge is 0.269 e. The Morgan fingerprint density at radius 3 is 2.64 bits per heavy atom. The zero-order valence-corrected chi connectivity index (χ0v) is 18.9. The number of aromatic hydroxyl groups is 1. The van der Waals surface area contributed by atoms with Crippen LogP contribution < -0.4 is 22.1 Å². The van der Waals surface area contributed by atoms with E-state index in [4.69, 9.17) is 11.5 Å². The Morgan fingerprint density at radius 2 is 1.91 bits per heavy atom. The van der Waals surface area contributed by atoms with Crippen molar-refractivity contribution < 1.29 is 9.90 Å². The van der Waals surface area contributed by atoms with Crippen LogP contribution in [-0.4, -0.2) is 33.1 Å². The molecule has 1 fully saturated rings. The summed E-state index contributed by atoms with van der Waals surface area (Å²) in [5.41, 5.74) is 16.3. The fourth-order valence-electron chi connectivity index (χ4n) is 4.32. The summed E-state index contributed by atoms with van der Waals surface area (Å²) in [6, 6.07) is 11.4. The Kier molecular flexibility index (Phi) is 6.46. The molecule has 33 heavy (non-hydrogen) atoms. The number of para-hydroxylation sites is 1. The van der Waals surface area contributed by atoms with Crippen LogP contribution in [0, 0.1) is 13.8 Å². The van der Waals surface area contributed by atoms with Crippen LogP contribution in [0.25, 0.3) is 11.1 Å². The van der Waals surface area contributed by atoms with E-state index >= 15 is 0 Å². The molecule has 8 nitrogen and oxygen atoms in total. The normalized spacial score (nSPS) is 18.0. The van der Waals surface area contributed by atoms with Crippen LogP contribution in [0.3, 0.4) is 0 Å². The van der Waals surface area contributed by atoms with E-state index in [2.05, 4.69) is 20.6 Å². The van der Waals surface area contributed by atoms with Gasteiger partial charge in [0.05, 0.1) is 17.6 Å². The summed E-state index contributed by atoms with van der Waals surface area (Å²) in [7, 11) is 0. The van der Waals surface area contributed by atoms with Crippen molar-refractivity contribution >= 4 is 23.1 Å². The largest absolute Gasteiger partial charge is 0.507 e. The van der Waals surface area contributed by atoms with Gasteiger partial charge < -0.3 is 27.2 Å². The van der Waals surface area contributed by atoms with Gasteiger partial charge in [0.25, 0.3) is 5.91 Å². The number of hydrogen-bond acceptors (Lipinski definition) is 7. The first-order chi connectivity index (χ1) is 15.8. The van der Waals surface area contributed by atoms with Gasteiger partial charge >= 0.3 is 0 Å². The zero-order valence-electron chi connectivity index (χ0n) is 18.9. The van der Waals surface area contributed by atoms with Crippen LogP contribution in [0.1, 0.15) is 47.4 Å². The number of phenolic OH excluding ortho intramolecular Hbond substituents is 1. The molecule has 2 atom stereocenters. The second kappa shape index (κ2) is 9.46. The van der Waals surface area contributed by atoms with E-state index in [1.54, 1.807) is 12.3 Å². The minimum atomic E-state index is -0.628. The number of amides is 1. The molecule has 1 saturated carbocycles. The van der Waals surface area contributed by atoms with Crippen LogP contribution in [0.15, 0.2) is 42.6 Å². The molecule has 1 aromatic carbocycles. The third-order valence-electron chi connectivity index (χ3n) is 6.17. The minimum absolute atomic E-state index is 0.0841. The summed E-state index contributed by atoms with van der Waals surface area (Å²) in [5.74, 6) is 0.152. The van der Waals surface area contributed by atoms with E-state index < -0.39 is 5.91 Å². The molecule has 1 aliphatic carbocycles. The standard InChI is InChI=1S/C25H30N6O2/c1-14-6-5-7-18(24(14)32)17-10-11-22(29-15(17)2)31-21-12-16(13-28-23(21)25(27)33)30-20-9-4-3-8-19(20)26/h5-7,10-13,19-20,30,32H,3-4,8-9,26H2,1-2H3,(H2,27,33)(H,29,31)/t19-,20+/m0/s1. The molecule has 0 aliphatic heterocycles. The number of hydrogen-bond donors (Lipinski definition) is 5. The fraction of sp³-hybridized carbons (Fsp3) is 0.320. The Labute approximate surface area is 193 Å².